The average Bonchev–Trinajstić information content (AvgIpc) is 3.15. The molecule has 0 amide bonds. The van der Waals surface area contributed by atoms with Gasteiger partial charge in [-0.2, -0.15) is 4.98 Å². The van der Waals surface area contributed by atoms with Gasteiger partial charge in [-0.05, 0) is 32.9 Å². The molecule has 128 valence electrons. The summed E-state index contributed by atoms with van der Waals surface area (Å²) in [5.74, 6) is 1.23. The van der Waals surface area contributed by atoms with Crippen molar-refractivity contribution in [1.82, 2.24) is 29.5 Å². The summed E-state index contributed by atoms with van der Waals surface area (Å²) in [6, 6.07) is 3.91. The predicted octanol–water partition coefficient (Wildman–Crippen LogP) is 3.14. The van der Waals surface area contributed by atoms with Gasteiger partial charge in [-0.3, -0.25) is 4.40 Å². The number of halogens is 1. The van der Waals surface area contributed by atoms with E-state index in [0.29, 0.717) is 11.6 Å². The number of aromatic amines is 1. The third kappa shape index (κ3) is 2.90. The standard InChI is InChI=1S/C17H18FN7/c1-10-23-24-14-5-4-11(8-25(10)14)12-6-19-15-13(12)7-20-16(22-15)21-9-17(2,3)18/h4-8H,9H2,1-3H3,(H2,19,20,21,22). The second kappa shape index (κ2) is 5.51. The van der Waals surface area contributed by atoms with Crippen LogP contribution in [0.3, 0.4) is 0 Å². The number of aryl methyl sites for hydroxylation is 1. The number of anilines is 1. The van der Waals surface area contributed by atoms with Crippen molar-refractivity contribution in [3.63, 3.8) is 0 Å². The van der Waals surface area contributed by atoms with Crippen molar-refractivity contribution in [3.05, 3.63) is 36.5 Å². The van der Waals surface area contributed by atoms with Crippen LogP contribution >= 0.6 is 0 Å². The number of aromatic nitrogens is 6. The maximum absolute atomic E-state index is 13.6. The van der Waals surface area contributed by atoms with Gasteiger partial charge in [0, 0.05) is 35.1 Å². The number of nitrogens with zero attached hydrogens (tertiary/aromatic N) is 5. The van der Waals surface area contributed by atoms with Crippen LogP contribution in [0.5, 0.6) is 0 Å². The Bertz CT molecular complexity index is 1060. The molecule has 0 radical (unpaired) electrons. The van der Waals surface area contributed by atoms with Crippen molar-refractivity contribution >= 4 is 22.6 Å². The molecule has 0 unspecified atom stereocenters. The van der Waals surface area contributed by atoms with E-state index in [-0.39, 0.29) is 6.54 Å². The Morgan fingerprint density at radius 2 is 2.12 bits per heavy atom. The average molecular weight is 339 g/mol. The fraction of sp³-hybridized carbons (Fsp3) is 0.294. The van der Waals surface area contributed by atoms with Crippen LogP contribution in [-0.4, -0.2) is 41.8 Å². The van der Waals surface area contributed by atoms with Crippen molar-refractivity contribution in [2.45, 2.75) is 26.4 Å². The maximum atomic E-state index is 13.6. The van der Waals surface area contributed by atoms with Crippen molar-refractivity contribution in [2.75, 3.05) is 11.9 Å². The number of pyridine rings is 1. The largest absolute Gasteiger partial charge is 0.351 e. The highest BCUT2D eigenvalue weighted by atomic mass is 19.1. The normalized spacial score (nSPS) is 12.2. The van der Waals surface area contributed by atoms with Crippen LogP contribution in [0.15, 0.2) is 30.7 Å². The number of alkyl halides is 1. The van der Waals surface area contributed by atoms with Crippen LogP contribution in [0.2, 0.25) is 0 Å². The second-order valence-electron chi connectivity index (χ2n) is 6.62. The molecule has 0 aliphatic carbocycles. The fourth-order valence-electron chi connectivity index (χ4n) is 2.69. The highest BCUT2D eigenvalue weighted by Crippen LogP contribution is 2.28. The topological polar surface area (TPSA) is 83.8 Å². The maximum Gasteiger partial charge on any atom is 0.224 e. The van der Waals surface area contributed by atoms with E-state index in [1.54, 1.807) is 6.20 Å². The molecule has 0 spiro atoms. The Hall–Kier alpha value is -3.03. The van der Waals surface area contributed by atoms with Gasteiger partial charge in [0.1, 0.15) is 17.1 Å². The quantitative estimate of drug-likeness (QED) is 0.597. The van der Waals surface area contributed by atoms with E-state index in [2.05, 4.69) is 30.5 Å². The molecule has 7 nitrogen and oxygen atoms in total. The molecule has 0 saturated heterocycles. The van der Waals surface area contributed by atoms with Crippen molar-refractivity contribution in [3.8, 4) is 11.1 Å². The van der Waals surface area contributed by atoms with Crippen LogP contribution in [0, 0.1) is 6.92 Å². The van der Waals surface area contributed by atoms with E-state index < -0.39 is 5.67 Å². The summed E-state index contributed by atoms with van der Waals surface area (Å²) in [5, 5.41) is 12.0. The van der Waals surface area contributed by atoms with Gasteiger partial charge in [0.05, 0.1) is 6.54 Å². The minimum absolute atomic E-state index is 0.148. The van der Waals surface area contributed by atoms with Crippen molar-refractivity contribution in [2.24, 2.45) is 0 Å². The molecule has 0 aromatic carbocycles. The SMILES string of the molecule is Cc1nnc2ccc(-c3c[nH]c4nc(NCC(C)(C)F)ncc34)cn12. The van der Waals surface area contributed by atoms with Gasteiger partial charge < -0.3 is 10.3 Å². The lowest BCUT2D eigenvalue weighted by Crippen LogP contribution is -2.25. The molecule has 4 aromatic heterocycles. The van der Waals surface area contributed by atoms with Gasteiger partial charge in [-0.15, -0.1) is 10.2 Å². The summed E-state index contributed by atoms with van der Waals surface area (Å²) in [7, 11) is 0. The number of rotatable bonds is 4. The van der Waals surface area contributed by atoms with Gasteiger partial charge in [0.25, 0.3) is 0 Å². The van der Waals surface area contributed by atoms with E-state index in [0.717, 1.165) is 28.0 Å². The number of hydrogen-bond acceptors (Lipinski definition) is 5. The third-order valence-corrected chi connectivity index (χ3v) is 3.98. The molecule has 0 aliphatic rings. The summed E-state index contributed by atoms with van der Waals surface area (Å²) < 4.78 is 15.5. The lowest BCUT2D eigenvalue weighted by atomic mass is 10.1. The van der Waals surface area contributed by atoms with Crippen molar-refractivity contribution in [1.29, 1.82) is 0 Å². The number of fused-ring (bicyclic) bond motifs is 2. The van der Waals surface area contributed by atoms with E-state index >= 15 is 0 Å². The molecule has 0 fully saturated rings. The van der Waals surface area contributed by atoms with Crippen LogP contribution in [0.25, 0.3) is 27.8 Å². The highest BCUT2D eigenvalue weighted by molar-refractivity contribution is 5.93. The molecule has 2 N–H and O–H groups in total. The Kier molecular flexibility index (Phi) is 3.41. The summed E-state index contributed by atoms with van der Waals surface area (Å²) in [6.07, 6.45) is 5.62. The Morgan fingerprint density at radius 3 is 2.92 bits per heavy atom. The van der Waals surface area contributed by atoms with Gasteiger partial charge in [-0.25, -0.2) is 9.37 Å². The first kappa shape index (κ1) is 15.5. The van der Waals surface area contributed by atoms with Gasteiger partial charge >= 0.3 is 0 Å². The van der Waals surface area contributed by atoms with Gasteiger partial charge in [0.2, 0.25) is 5.95 Å². The monoisotopic (exact) mass is 339 g/mol. The molecule has 0 atom stereocenters. The van der Waals surface area contributed by atoms with E-state index in [9.17, 15) is 4.39 Å². The molecular weight excluding hydrogens is 321 g/mol. The summed E-state index contributed by atoms with van der Waals surface area (Å²) in [4.78, 5) is 11.9. The van der Waals surface area contributed by atoms with Crippen molar-refractivity contribution < 1.29 is 4.39 Å². The molecule has 4 rings (SSSR count). The molecule has 25 heavy (non-hydrogen) atoms. The lowest BCUT2D eigenvalue weighted by molar-refractivity contribution is 0.234. The van der Waals surface area contributed by atoms with Gasteiger partial charge in [0.15, 0.2) is 5.65 Å². The first-order valence-electron chi connectivity index (χ1n) is 7.99. The number of hydrogen-bond donors (Lipinski definition) is 2. The van der Waals surface area contributed by atoms with Gasteiger partial charge in [-0.1, -0.05) is 0 Å². The minimum Gasteiger partial charge on any atom is -0.351 e. The van der Waals surface area contributed by atoms with E-state index in [4.69, 9.17) is 0 Å². The smallest absolute Gasteiger partial charge is 0.224 e. The molecule has 4 aromatic rings. The molecule has 0 aliphatic heterocycles. The zero-order chi connectivity index (χ0) is 17.6. The first-order valence-corrected chi connectivity index (χ1v) is 7.99. The Balaban J connectivity index is 1.71. The molecule has 0 bridgehead atoms. The summed E-state index contributed by atoms with van der Waals surface area (Å²) in [6.45, 7) is 5.07. The van der Waals surface area contributed by atoms with E-state index in [1.165, 1.54) is 13.8 Å². The summed E-state index contributed by atoms with van der Waals surface area (Å²) >= 11 is 0. The Morgan fingerprint density at radius 1 is 1.28 bits per heavy atom. The van der Waals surface area contributed by atoms with E-state index in [1.807, 2.05) is 35.9 Å². The highest BCUT2D eigenvalue weighted by Gasteiger charge is 2.16. The molecule has 0 saturated carbocycles. The Labute approximate surface area is 143 Å². The number of nitrogens with one attached hydrogen (secondary N) is 2. The lowest BCUT2D eigenvalue weighted by Gasteiger charge is -2.14. The molecular formula is C17H18FN7. The number of H-pyrrole nitrogens is 1. The van der Waals surface area contributed by atoms with Crippen LogP contribution < -0.4 is 5.32 Å². The molecule has 8 heteroatoms. The second-order valence-corrected chi connectivity index (χ2v) is 6.62. The molecule has 4 heterocycles. The zero-order valence-electron chi connectivity index (χ0n) is 14.2. The summed E-state index contributed by atoms with van der Waals surface area (Å²) in [5.41, 5.74) is 2.17. The van der Waals surface area contributed by atoms with Crippen LogP contribution in [0.1, 0.15) is 19.7 Å². The first-order chi connectivity index (χ1) is 11.9. The zero-order valence-corrected chi connectivity index (χ0v) is 14.2. The predicted molar refractivity (Wildman–Crippen MR) is 94.3 cm³/mol. The fourth-order valence-corrected chi connectivity index (χ4v) is 2.69. The van der Waals surface area contributed by atoms with Crippen LogP contribution in [0.4, 0.5) is 10.3 Å². The minimum atomic E-state index is -1.33. The third-order valence-electron chi connectivity index (χ3n) is 3.98. The van der Waals surface area contributed by atoms with Crippen LogP contribution in [-0.2, 0) is 0 Å².